The van der Waals surface area contributed by atoms with Gasteiger partial charge in [0.1, 0.15) is 0 Å². The van der Waals surface area contributed by atoms with Crippen LogP contribution in [0.15, 0.2) is 12.2 Å². The average molecular weight is 196 g/mol. The molecule has 2 N–H and O–H groups in total. The molecular formula is C11H20N2O. The Bertz CT molecular complexity index is 213. The maximum atomic E-state index is 11.7. The Morgan fingerprint density at radius 1 is 1.57 bits per heavy atom. The maximum Gasteiger partial charge on any atom is 0.222 e. The van der Waals surface area contributed by atoms with Gasteiger partial charge in [-0.2, -0.15) is 0 Å². The molecule has 0 aromatic rings. The molecule has 0 spiro atoms. The van der Waals surface area contributed by atoms with Crippen LogP contribution in [0.25, 0.3) is 0 Å². The number of amides is 1. The van der Waals surface area contributed by atoms with E-state index in [1.807, 2.05) is 4.90 Å². The second-order valence-corrected chi connectivity index (χ2v) is 3.98. The van der Waals surface area contributed by atoms with Gasteiger partial charge in [0.05, 0.1) is 0 Å². The molecule has 0 bridgehead atoms. The molecular weight excluding hydrogens is 176 g/mol. The van der Waals surface area contributed by atoms with E-state index in [1.54, 1.807) is 0 Å². The maximum absolute atomic E-state index is 11.7. The highest BCUT2D eigenvalue weighted by Crippen LogP contribution is 2.08. The molecule has 1 rings (SSSR count). The van der Waals surface area contributed by atoms with Crippen LogP contribution in [0.5, 0.6) is 0 Å². The lowest BCUT2D eigenvalue weighted by atomic mass is 10.1. The van der Waals surface area contributed by atoms with Gasteiger partial charge in [-0.3, -0.25) is 4.79 Å². The van der Waals surface area contributed by atoms with Crippen LogP contribution in [0.2, 0.25) is 0 Å². The molecule has 1 unspecified atom stereocenters. The third-order valence-electron chi connectivity index (χ3n) is 2.66. The van der Waals surface area contributed by atoms with E-state index in [0.29, 0.717) is 18.9 Å². The number of hydrogen-bond acceptors (Lipinski definition) is 2. The van der Waals surface area contributed by atoms with Crippen molar-refractivity contribution in [3.8, 4) is 0 Å². The largest absolute Gasteiger partial charge is 0.339 e. The van der Waals surface area contributed by atoms with E-state index in [4.69, 9.17) is 5.73 Å². The van der Waals surface area contributed by atoms with Crippen LogP contribution in [0.3, 0.4) is 0 Å². The van der Waals surface area contributed by atoms with Crippen molar-refractivity contribution in [3.05, 3.63) is 12.2 Å². The lowest BCUT2D eigenvalue weighted by Gasteiger charge is -2.23. The molecule has 0 aromatic carbocycles. The summed E-state index contributed by atoms with van der Waals surface area (Å²) in [6.45, 7) is 4.43. The second-order valence-electron chi connectivity index (χ2n) is 3.98. The van der Waals surface area contributed by atoms with Crippen LogP contribution in [-0.4, -0.2) is 30.4 Å². The third-order valence-corrected chi connectivity index (χ3v) is 2.66. The fourth-order valence-corrected chi connectivity index (χ4v) is 1.51. The molecule has 1 aliphatic heterocycles. The lowest BCUT2D eigenvalue weighted by molar-refractivity contribution is -0.131. The lowest BCUT2D eigenvalue weighted by Crippen LogP contribution is -2.34. The Morgan fingerprint density at radius 3 is 2.93 bits per heavy atom. The number of carbonyl (C=O) groups excluding carboxylic acids is 1. The second kappa shape index (κ2) is 5.81. The van der Waals surface area contributed by atoms with Crippen molar-refractivity contribution in [1.82, 2.24) is 4.90 Å². The van der Waals surface area contributed by atoms with Gasteiger partial charge in [0.25, 0.3) is 0 Å². The molecule has 0 saturated carbocycles. The molecule has 3 heteroatoms. The van der Waals surface area contributed by atoms with Crippen LogP contribution in [-0.2, 0) is 4.79 Å². The Hall–Kier alpha value is -0.830. The molecule has 80 valence electrons. The van der Waals surface area contributed by atoms with Crippen LogP contribution in [0.1, 0.15) is 26.2 Å². The van der Waals surface area contributed by atoms with E-state index >= 15 is 0 Å². The summed E-state index contributed by atoms with van der Waals surface area (Å²) in [6, 6.07) is 0. The molecule has 0 radical (unpaired) electrons. The fourth-order valence-electron chi connectivity index (χ4n) is 1.51. The first-order chi connectivity index (χ1) is 6.74. The minimum atomic E-state index is 0.273. The monoisotopic (exact) mass is 196 g/mol. The van der Waals surface area contributed by atoms with E-state index in [9.17, 15) is 4.79 Å². The Labute approximate surface area is 86.0 Å². The van der Waals surface area contributed by atoms with Crippen LogP contribution in [0.4, 0.5) is 0 Å². The summed E-state index contributed by atoms with van der Waals surface area (Å²) in [7, 11) is 0. The smallest absolute Gasteiger partial charge is 0.222 e. The molecule has 0 aromatic heterocycles. The summed E-state index contributed by atoms with van der Waals surface area (Å²) >= 11 is 0. The highest BCUT2D eigenvalue weighted by molar-refractivity contribution is 5.76. The summed E-state index contributed by atoms with van der Waals surface area (Å²) in [5.41, 5.74) is 5.50. The van der Waals surface area contributed by atoms with Gasteiger partial charge in [0.2, 0.25) is 5.91 Å². The standard InChI is InChI=1S/C11H20N2O/c1-10(9-12)5-6-11(14)13-7-3-2-4-8-13/h2-3,10H,4-9,12H2,1H3. The predicted octanol–water partition coefficient (Wildman–Crippen LogP) is 1.15. The van der Waals surface area contributed by atoms with Crippen molar-refractivity contribution in [2.45, 2.75) is 26.2 Å². The first-order valence-electron chi connectivity index (χ1n) is 5.37. The number of nitrogens with zero attached hydrogens (tertiary/aromatic N) is 1. The van der Waals surface area contributed by atoms with Gasteiger partial charge in [0, 0.05) is 19.5 Å². The molecule has 0 saturated heterocycles. The zero-order chi connectivity index (χ0) is 10.4. The van der Waals surface area contributed by atoms with Gasteiger partial charge < -0.3 is 10.6 Å². The Kier molecular flexibility index (Phi) is 4.66. The predicted molar refractivity (Wildman–Crippen MR) is 57.8 cm³/mol. The van der Waals surface area contributed by atoms with Gasteiger partial charge in [-0.1, -0.05) is 19.1 Å². The van der Waals surface area contributed by atoms with Crippen molar-refractivity contribution in [1.29, 1.82) is 0 Å². The summed E-state index contributed by atoms with van der Waals surface area (Å²) < 4.78 is 0. The zero-order valence-corrected chi connectivity index (χ0v) is 8.91. The van der Waals surface area contributed by atoms with Crippen molar-refractivity contribution < 1.29 is 4.79 Å². The highest BCUT2D eigenvalue weighted by Gasteiger charge is 2.14. The van der Waals surface area contributed by atoms with E-state index in [0.717, 1.165) is 25.9 Å². The normalized spacial score (nSPS) is 18.3. The summed E-state index contributed by atoms with van der Waals surface area (Å²) in [5, 5.41) is 0. The number of carbonyl (C=O) groups is 1. The minimum Gasteiger partial charge on any atom is -0.339 e. The molecule has 0 aliphatic carbocycles. The third kappa shape index (κ3) is 3.50. The number of hydrogen-bond donors (Lipinski definition) is 1. The topological polar surface area (TPSA) is 46.3 Å². The van der Waals surface area contributed by atoms with E-state index < -0.39 is 0 Å². The Morgan fingerprint density at radius 2 is 2.36 bits per heavy atom. The van der Waals surface area contributed by atoms with Gasteiger partial charge in [0.15, 0.2) is 0 Å². The minimum absolute atomic E-state index is 0.273. The van der Waals surface area contributed by atoms with Gasteiger partial charge in [-0.15, -0.1) is 0 Å². The van der Waals surface area contributed by atoms with Gasteiger partial charge in [-0.05, 0) is 25.3 Å². The van der Waals surface area contributed by atoms with Gasteiger partial charge in [-0.25, -0.2) is 0 Å². The van der Waals surface area contributed by atoms with Crippen molar-refractivity contribution in [2.24, 2.45) is 11.7 Å². The molecule has 1 amide bonds. The van der Waals surface area contributed by atoms with E-state index in [1.165, 1.54) is 0 Å². The first kappa shape index (κ1) is 11.2. The molecule has 1 atom stereocenters. The quantitative estimate of drug-likeness (QED) is 0.686. The van der Waals surface area contributed by atoms with E-state index in [-0.39, 0.29) is 5.91 Å². The first-order valence-corrected chi connectivity index (χ1v) is 5.37. The fraction of sp³-hybridized carbons (Fsp3) is 0.727. The molecule has 3 nitrogen and oxygen atoms in total. The molecule has 1 heterocycles. The number of rotatable bonds is 4. The van der Waals surface area contributed by atoms with Crippen LogP contribution >= 0.6 is 0 Å². The van der Waals surface area contributed by atoms with E-state index in [2.05, 4.69) is 19.1 Å². The Balaban J connectivity index is 2.24. The SMILES string of the molecule is CC(CN)CCC(=O)N1CC=CCC1. The average Bonchev–Trinajstić information content (AvgIpc) is 2.26. The molecule has 1 aliphatic rings. The highest BCUT2D eigenvalue weighted by atomic mass is 16.2. The zero-order valence-electron chi connectivity index (χ0n) is 8.91. The van der Waals surface area contributed by atoms with Crippen molar-refractivity contribution in [3.63, 3.8) is 0 Å². The molecule has 0 fully saturated rings. The summed E-state index contributed by atoms with van der Waals surface area (Å²) in [5.74, 6) is 0.730. The summed E-state index contributed by atoms with van der Waals surface area (Å²) in [6.07, 6.45) is 6.75. The molecule has 14 heavy (non-hydrogen) atoms. The van der Waals surface area contributed by atoms with Crippen molar-refractivity contribution in [2.75, 3.05) is 19.6 Å². The van der Waals surface area contributed by atoms with Crippen molar-refractivity contribution >= 4 is 5.91 Å². The van der Waals surface area contributed by atoms with Gasteiger partial charge >= 0.3 is 0 Å². The van der Waals surface area contributed by atoms with Crippen LogP contribution in [0, 0.1) is 5.92 Å². The number of nitrogens with two attached hydrogens (primary N) is 1. The van der Waals surface area contributed by atoms with Crippen LogP contribution < -0.4 is 5.73 Å². The summed E-state index contributed by atoms with van der Waals surface area (Å²) in [4.78, 5) is 13.6.